The zero-order valence-electron chi connectivity index (χ0n) is 10.0. The predicted octanol–water partition coefficient (Wildman–Crippen LogP) is 3.63. The highest BCUT2D eigenvalue weighted by Crippen LogP contribution is 2.32. The number of hydrogen-bond donors (Lipinski definition) is 1. The highest BCUT2D eigenvalue weighted by Gasteiger charge is 2.29. The van der Waals surface area contributed by atoms with Gasteiger partial charge in [0.15, 0.2) is 0 Å². The third-order valence-electron chi connectivity index (χ3n) is 3.13. The summed E-state index contributed by atoms with van der Waals surface area (Å²) >= 11 is 17.3. The van der Waals surface area contributed by atoms with Crippen molar-refractivity contribution in [3.63, 3.8) is 0 Å². The fourth-order valence-electron chi connectivity index (χ4n) is 1.97. The van der Waals surface area contributed by atoms with Crippen LogP contribution in [0.3, 0.4) is 0 Å². The SMILES string of the molecule is NC(=S)CCN(Cc1c(Cl)cccc1Cl)C1CC1. The molecule has 0 aliphatic heterocycles. The first kappa shape index (κ1) is 14.1. The molecule has 0 bridgehead atoms. The van der Waals surface area contributed by atoms with E-state index in [0.717, 1.165) is 35.1 Å². The maximum atomic E-state index is 6.20. The van der Waals surface area contributed by atoms with E-state index < -0.39 is 0 Å². The Balaban J connectivity index is 2.06. The monoisotopic (exact) mass is 302 g/mol. The minimum absolute atomic E-state index is 0.561. The van der Waals surface area contributed by atoms with E-state index in [1.165, 1.54) is 12.8 Å². The molecule has 1 aliphatic rings. The summed E-state index contributed by atoms with van der Waals surface area (Å²) in [5.74, 6) is 0. The van der Waals surface area contributed by atoms with Crippen molar-refractivity contribution in [2.45, 2.75) is 31.8 Å². The van der Waals surface area contributed by atoms with Gasteiger partial charge in [-0.25, -0.2) is 0 Å². The lowest BCUT2D eigenvalue weighted by molar-refractivity contribution is 0.263. The summed E-state index contributed by atoms with van der Waals surface area (Å²) in [6.45, 7) is 1.65. The molecule has 0 aromatic heterocycles. The van der Waals surface area contributed by atoms with Crippen LogP contribution in [0.5, 0.6) is 0 Å². The van der Waals surface area contributed by atoms with Crippen molar-refractivity contribution in [3.8, 4) is 0 Å². The van der Waals surface area contributed by atoms with E-state index >= 15 is 0 Å². The zero-order valence-corrected chi connectivity index (χ0v) is 12.4. The van der Waals surface area contributed by atoms with E-state index in [4.69, 9.17) is 41.2 Å². The first-order valence-electron chi connectivity index (χ1n) is 6.03. The minimum Gasteiger partial charge on any atom is -0.393 e. The van der Waals surface area contributed by atoms with Gasteiger partial charge in [-0.15, -0.1) is 0 Å². The van der Waals surface area contributed by atoms with Gasteiger partial charge in [0.05, 0.1) is 4.99 Å². The van der Waals surface area contributed by atoms with Gasteiger partial charge >= 0.3 is 0 Å². The van der Waals surface area contributed by atoms with Gasteiger partial charge in [0, 0.05) is 41.2 Å². The first-order chi connectivity index (χ1) is 8.58. The number of hydrogen-bond acceptors (Lipinski definition) is 2. The molecule has 0 saturated heterocycles. The lowest BCUT2D eigenvalue weighted by Crippen LogP contribution is -2.29. The van der Waals surface area contributed by atoms with Crippen molar-refractivity contribution in [1.82, 2.24) is 4.90 Å². The van der Waals surface area contributed by atoms with Gasteiger partial charge in [-0.3, -0.25) is 4.90 Å². The molecule has 5 heteroatoms. The van der Waals surface area contributed by atoms with Gasteiger partial charge < -0.3 is 5.73 Å². The molecule has 1 aromatic carbocycles. The van der Waals surface area contributed by atoms with E-state index in [1.54, 1.807) is 0 Å². The molecular formula is C13H16Cl2N2S. The summed E-state index contributed by atoms with van der Waals surface area (Å²) in [5, 5.41) is 1.45. The van der Waals surface area contributed by atoms with Gasteiger partial charge in [-0.05, 0) is 25.0 Å². The van der Waals surface area contributed by atoms with Gasteiger partial charge in [0.2, 0.25) is 0 Å². The molecule has 98 valence electrons. The number of thiocarbonyl (C=S) groups is 1. The van der Waals surface area contributed by atoms with Crippen LogP contribution in [0.4, 0.5) is 0 Å². The first-order valence-corrected chi connectivity index (χ1v) is 7.19. The van der Waals surface area contributed by atoms with Crippen molar-refractivity contribution in [2.24, 2.45) is 5.73 Å². The Kier molecular flexibility index (Phi) is 4.84. The van der Waals surface area contributed by atoms with Crippen molar-refractivity contribution in [3.05, 3.63) is 33.8 Å². The lowest BCUT2D eigenvalue weighted by atomic mass is 10.2. The average Bonchev–Trinajstić information content (AvgIpc) is 3.11. The van der Waals surface area contributed by atoms with Gasteiger partial charge in [-0.2, -0.15) is 0 Å². The molecule has 0 heterocycles. The van der Waals surface area contributed by atoms with Gasteiger partial charge in [-0.1, -0.05) is 41.5 Å². The highest BCUT2D eigenvalue weighted by atomic mass is 35.5. The maximum absolute atomic E-state index is 6.20. The molecule has 1 fully saturated rings. The molecule has 0 radical (unpaired) electrons. The maximum Gasteiger partial charge on any atom is 0.0740 e. The number of nitrogens with two attached hydrogens (primary N) is 1. The molecule has 18 heavy (non-hydrogen) atoms. The van der Waals surface area contributed by atoms with Crippen LogP contribution < -0.4 is 5.73 Å². The lowest BCUT2D eigenvalue weighted by Gasteiger charge is -2.23. The molecule has 0 spiro atoms. The molecule has 2 rings (SSSR count). The van der Waals surface area contributed by atoms with Crippen LogP contribution in [0, 0.1) is 0 Å². The molecule has 0 atom stereocenters. The van der Waals surface area contributed by atoms with Crippen LogP contribution in [-0.4, -0.2) is 22.5 Å². The van der Waals surface area contributed by atoms with Crippen LogP contribution in [-0.2, 0) is 6.54 Å². The van der Waals surface area contributed by atoms with Crippen LogP contribution >= 0.6 is 35.4 Å². The van der Waals surface area contributed by atoms with Crippen LogP contribution in [0.2, 0.25) is 10.0 Å². The van der Waals surface area contributed by atoms with Crippen molar-refractivity contribution < 1.29 is 0 Å². The number of rotatable bonds is 6. The second-order valence-electron chi connectivity index (χ2n) is 4.62. The van der Waals surface area contributed by atoms with Gasteiger partial charge in [0.25, 0.3) is 0 Å². The Hall–Kier alpha value is -0.350. The van der Waals surface area contributed by atoms with E-state index in [1.807, 2.05) is 18.2 Å². The zero-order chi connectivity index (χ0) is 13.1. The Labute approximate surface area is 123 Å². The topological polar surface area (TPSA) is 29.3 Å². The fourth-order valence-corrected chi connectivity index (χ4v) is 2.58. The third kappa shape index (κ3) is 3.82. The van der Waals surface area contributed by atoms with E-state index in [9.17, 15) is 0 Å². The van der Waals surface area contributed by atoms with Crippen molar-refractivity contribution >= 4 is 40.4 Å². The molecule has 0 unspecified atom stereocenters. The largest absolute Gasteiger partial charge is 0.393 e. The van der Waals surface area contributed by atoms with E-state index in [2.05, 4.69) is 4.90 Å². The van der Waals surface area contributed by atoms with Crippen LogP contribution in [0.25, 0.3) is 0 Å². The van der Waals surface area contributed by atoms with E-state index in [-0.39, 0.29) is 0 Å². The average molecular weight is 303 g/mol. The predicted molar refractivity (Wildman–Crippen MR) is 81.3 cm³/mol. The Morgan fingerprint density at radius 3 is 2.44 bits per heavy atom. The Morgan fingerprint density at radius 1 is 1.33 bits per heavy atom. The quantitative estimate of drug-likeness (QED) is 0.814. The normalized spacial score (nSPS) is 15.1. The molecule has 1 aromatic rings. The second kappa shape index (κ2) is 6.20. The Morgan fingerprint density at radius 2 is 1.94 bits per heavy atom. The van der Waals surface area contributed by atoms with Crippen LogP contribution in [0.15, 0.2) is 18.2 Å². The molecular weight excluding hydrogens is 287 g/mol. The van der Waals surface area contributed by atoms with Crippen LogP contribution in [0.1, 0.15) is 24.8 Å². The molecule has 0 amide bonds. The summed E-state index contributed by atoms with van der Waals surface area (Å²) in [5.41, 5.74) is 6.56. The Bertz CT molecular complexity index is 426. The summed E-state index contributed by atoms with van der Waals surface area (Å²) in [6, 6.07) is 6.25. The summed E-state index contributed by atoms with van der Waals surface area (Å²) < 4.78 is 0. The molecule has 2 N–H and O–H groups in total. The molecule has 1 saturated carbocycles. The smallest absolute Gasteiger partial charge is 0.0740 e. The standard InChI is InChI=1S/C13H16Cl2N2S/c14-11-2-1-3-12(15)10(11)8-17(9-4-5-9)7-6-13(16)18/h1-3,9H,4-8H2,(H2,16,18). The van der Waals surface area contributed by atoms with Crippen molar-refractivity contribution in [1.29, 1.82) is 0 Å². The fraction of sp³-hybridized carbons (Fsp3) is 0.462. The van der Waals surface area contributed by atoms with Crippen molar-refractivity contribution in [2.75, 3.05) is 6.54 Å². The highest BCUT2D eigenvalue weighted by molar-refractivity contribution is 7.80. The number of benzene rings is 1. The summed E-state index contributed by atoms with van der Waals surface area (Å²) in [6.07, 6.45) is 3.21. The second-order valence-corrected chi connectivity index (χ2v) is 5.96. The molecule has 2 nitrogen and oxygen atoms in total. The summed E-state index contributed by atoms with van der Waals surface area (Å²) in [4.78, 5) is 2.93. The molecule has 1 aliphatic carbocycles. The number of nitrogens with zero attached hydrogens (tertiary/aromatic N) is 1. The van der Waals surface area contributed by atoms with Gasteiger partial charge in [0.1, 0.15) is 0 Å². The summed E-state index contributed by atoms with van der Waals surface area (Å²) in [7, 11) is 0. The minimum atomic E-state index is 0.561. The third-order valence-corrected chi connectivity index (χ3v) is 4.04. The van der Waals surface area contributed by atoms with E-state index in [0.29, 0.717) is 11.0 Å². The number of halogens is 2.